The summed E-state index contributed by atoms with van der Waals surface area (Å²) in [5.74, 6) is -1.12. The maximum atomic E-state index is 14.5. The second-order valence-electron chi connectivity index (χ2n) is 6.29. The van der Waals surface area contributed by atoms with Gasteiger partial charge >= 0.3 is 0 Å². The normalized spacial score (nSPS) is 11.2. The number of nitrogens with zero attached hydrogens (tertiary/aromatic N) is 3. The van der Waals surface area contributed by atoms with Crippen LogP contribution in [0.3, 0.4) is 0 Å². The lowest BCUT2D eigenvalue weighted by molar-refractivity contribution is 0.391. The highest BCUT2D eigenvalue weighted by atomic mass is 32.2. The number of halogens is 2. The SMILES string of the molecule is COc1ccc(CN(c2ccncn2)S(=O)(=O)c2cc(C)c(F)cc2F)c(OC)c1. The Morgan fingerprint density at radius 1 is 1.03 bits per heavy atom. The molecule has 0 fully saturated rings. The van der Waals surface area contributed by atoms with Crippen LogP contribution >= 0.6 is 0 Å². The maximum Gasteiger partial charge on any atom is 0.268 e. The summed E-state index contributed by atoms with van der Waals surface area (Å²) in [6.45, 7) is 1.14. The standard InChI is InChI=1S/C20H19F2N3O4S/c1-13-8-19(17(22)10-16(13)21)30(26,27)25(20-6-7-23-12-24-20)11-14-4-5-15(28-2)9-18(14)29-3/h4-10,12H,11H2,1-3H3. The molecule has 0 aliphatic rings. The highest BCUT2D eigenvalue weighted by Gasteiger charge is 2.30. The summed E-state index contributed by atoms with van der Waals surface area (Å²) in [6.07, 6.45) is 2.54. The van der Waals surface area contributed by atoms with Crippen LogP contribution in [-0.4, -0.2) is 32.6 Å². The van der Waals surface area contributed by atoms with Crippen molar-refractivity contribution in [3.8, 4) is 11.5 Å². The number of rotatable bonds is 7. The van der Waals surface area contributed by atoms with E-state index in [0.29, 0.717) is 23.1 Å². The van der Waals surface area contributed by atoms with Crippen molar-refractivity contribution < 1.29 is 26.7 Å². The highest BCUT2D eigenvalue weighted by Crippen LogP contribution is 2.31. The number of aryl methyl sites for hydroxylation is 1. The van der Waals surface area contributed by atoms with Crippen LogP contribution in [0.5, 0.6) is 11.5 Å². The Bertz CT molecular complexity index is 1160. The van der Waals surface area contributed by atoms with Crippen molar-refractivity contribution in [2.45, 2.75) is 18.4 Å². The second-order valence-corrected chi connectivity index (χ2v) is 8.12. The Hall–Kier alpha value is -3.27. The van der Waals surface area contributed by atoms with E-state index >= 15 is 0 Å². The smallest absolute Gasteiger partial charge is 0.268 e. The van der Waals surface area contributed by atoms with Gasteiger partial charge in [0.15, 0.2) is 0 Å². The van der Waals surface area contributed by atoms with Crippen LogP contribution in [0.4, 0.5) is 14.6 Å². The zero-order valence-electron chi connectivity index (χ0n) is 16.5. The molecule has 10 heteroatoms. The van der Waals surface area contributed by atoms with Gasteiger partial charge in [0.05, 0.1) is 20.8 Å². The molecule has 1 aromatic heterocycles. The molecule has 0 saturated heterocycles. The third-order valence-corrected chi connectivity index (χ3v) is 6.18. The first-order chi connectivity index (χ1) is 14.3. The molecule has 7 nitrogen and oxygen atoms in total. The fourth-order valence-corrected chi connectivity index (χ4v) is 4.34. The van der Waals surface area contributed by atoms with Gasteiger partial charge < -0.3 is 9.47 Å². The maximum absolute atomic E-state index is 14.5. The zero-order chi connectivity index (χ0) is 21.9. The van der Waals surface area contributed by atoms with Gasteiger partial charge in [0.25, 0.3) is 10.0 Å². The topological polar surface area (TPSA) is 81.6 Å². The number of aromatic nitrogens is 2. The van der Waals surface area contributed by atoms with E-state index in [2.05, 4.69) is 9.97 Å². The molecule has 0 amide bonds. The van der Waals surface area contributed by atoms with E-state index in [-0.39, 0.29) is 17.9 Å². The number of methoxy groups -OCH3 is 2. The van der Waals surface area contributed by atoms with Gasteiger partial charge in [-0.25, -0.2) is 31.5 Å². The molecule has 3 rings (SSSR count). The number of benzene rings is 2. The summed E-state index contributed by atoms with van der Waals surface area (Å²) in [4.78, 5) is 7.13. The fourth-order valence-electron chi connectivity index (χ4n) is 2.80. The summed E-state index contributed by atoms with van der Waals surface area (Å²) < 4.78 is 66.3. The van der Waals surface area contributed by atoms with Crippen molar-refractivity contribution in [3.05, 3.63) is 71.7 Å². The molecule has 3 aromatic rings. The zero-order valence-corrected chi connectivity index (χ0v) is 17.3. The predicted molar refractivity (Wildman–Crippen MR) is 106 cm³/mol. The largest absolute Gasteiger partial charge is 0.497 e. The predicted octanol–water partition coefficient (Wildman–Crippen LogP) is 3.48. The molecule has 0 atom stereocenters. The van der Waals surface area contributed by atoms with Gasteiger partial charge in [0.1, 0.15) is 40.2 Å². The Morgan fingerprint density at radius 2 is 1.80 bits per heavy atom. The van der Waals surface area contributed by atoms with Crippen molar-refractivity contribution >= 4 is 15.8 Å². The molecule has 158 valence electrons. The third-order valence-electron chi connectivity index (χ3n) is 4.41. The Morgan fingerprint density at radius 3 is 2.43 bits per heavy atom. The van der Waals surface area contributed by atoms with Crippen molar-refractivity contribution in [3.63, 3.8) is 0 Å². The average Bonchev–Trinajstić information content (AvgIpc) is 2.74. The molecule has 0 radical (unpaired) electrons. The number of ether oxygens (including phenoxy) is 2. The van der Waals surface area contributed by atoms with Crippen LogP contribution < -0.4 is 13.8 Å². The first-order valence-corrected chi connectivity index (χ1v) is 10.2. The molecule has 0 saturated carbocycles. The Balaban J connectivity index is 2.14. The molecule has 0 aliphatic carbocycles. The van der Waals surface area contributed by atoms with Crippen molar-refractivity contribution in [1.29, 1.82) is 0 Å². The average molecular weight is 435 g/mol. The van der Waals surface area contributed by atoms with Gasteiger partial charge in [-0.3, -0.25) is 0 Å². The quantitative estimate of drug-likeness (QED) is 0.565. The highest BCUT2D eigenvalue weighted by molar-refractivity contribution is 7.92. The summed E-state index contributed by atoms with van der Waals surface area (Å²) >= 11 is 0. The molecule has 0 unspecified atom stereocenters. The third kappa shape index (κ3) is 4.18. The molecule has 0 spiro atoms. The van der Waals surface area contributed by atoms with E-state index in [1.165, 1.54) is 39.7 Å². The number of hydrogen-bond donors (Lipinski definition) is 0. The van der Waals surface area contributed by atoms with E-state index in [9.17, 15) is 17.2 Å². The minimum atomic E-state index is -4.45. The van der Waals surface area contributed by atoms with Gasteiger partial charge in [0.2, 0.25) is 0 Å². The summed E-state index contributed by atoms with van der Waals surface area (Å²) in [6, 6.07) is 7.76. The number of hydrogen-bond acceptors (Lipinski definition) is 6. The molecule has 30 heavy (non-hydrogen) atoms. The summed E-state index contributed by atoms with van der Waals surface area (Å²) in [5.41, 5.74) is 0.486. The molecule has 1 heterocycles. The van der Waals surface area contributed by atoms with Crippen LogP contribution in [0.15, 0.2) is 53.8 Å². The lowest BCUT2D eigenvalue weighted by atomic mass is 10.2. The summed E-state index contributed by atoms with van der Waals surface area (Å²) in [5, 5.41) is 0. The van der Waals surface area contributed by atoms with Crippen LogP contribution in [0.1, 0.15) is 11.1 Å². The van der Waals surface area contributed by atoms with E-state index in [4.69, 9.17) is 9.47 Å². The van der Waals surface area contributed by atoms with E-state index in [1.54, 1.807) is 18.2 Å². The van der Waals surface area contributed by atoms with Gasteiger partial charge in [-0.15, -0.1) is 0 Å². The Kier molecular flexibility index (Phi) is 6.16. The first kappa shape index (κ1) is 21.4. The first-order valence-electron chi connectivity index (χ1n) is 8.73. The van der Waals surface area contributed by atoms with Gasteiger partial charge in [0, 0.05) is 30.0 Å². The van der Waals surface area contributed by atoms with Crippen molar-refractivity contribution in [1.82, 2.24) is 9.97 Å². The molecule has 0 aliphatic heterocycles. The minimum Gasteiger partial charge on any atom is -0.497 e. The van der Waals surface area contributed by atoms with Crippen LogP contribution in [0.2, 0.25) is 0 Å². The molecular weight excluding hydrogens is 416 g/mol. The van der Waals surface area contributed by atoms with E-state index in [0.717, 1.165) is 10.4 Å². The van der Waals surface area contributed by atoms with E-state index < -0.39 is 26.6 Å². The second kappa shape index (κ2) is 8.62. The van der Waals surface area contributed by atoms with Gasteiger partial charge in [-0.2, -0.15) is 0 Å². The van der Waals surface area contributed by atoms with E-state index in [1.807, 2.05) is 0 Å². The fraction of sp³-hybridized carbons (Fsp3) is 0.200. The number of sulfonamides is 1. The molecular formula is C20H19F2N3O4S. The monoisotopic (exact) mass is 435 g/mol. The summed E-state index contributed by atoms with van der Waals surface area (Å²) in [7, 11) is -1.52. The minimum absolute atomic E-state index is 0.000333. The van der Waals surface area contributed by atoms with Crippen LogP contribution in [-0.2, 0) is 16.6 Å². The van der Waals surface area contributed by atoms with Crippen LogP contribution in [0, 0.1) is 18.6 Å². The van der Waals surface area contributed by atoms with Gasteiger partial charge in [-0.05, 0) is 30.7 Å². The van der Waals surface area contributed by atoms with Crippen LogP contribution in [0.25, 0.3) is 0 Å². The molecule has 0 bridgehead atoms. The lowest BCUT2D eigenvalue weighted by Gasteiger charge is -2.24. The number of anilines is 1. The molecule has 2 aromatic carbocycles. The molecule has 0 N–H and O–H groups in total. The van der Waals surface area contributed by atoms with Gasteiger partial charge in [-0.1, -0.05) is 0 Å². The van der Waals surface area contributed by atoms with Crippen molar-refractivity contribution in [2.75, 3.05) is 18.5 Å². The lowest BCUT2D eigenvalue weighted by Crippen LogP contribution is -2.32. The van der Waals surface area contributed by atoms with Crippen molar-refractivity contribution in [2.24, 2.45) is 0 Å². The Labute approximate surface area is 173 Å².